The monoisotopic (exact) mass is 226 g/mol. The van der Waals surface area contributed by atoms with Gasteiger partial charge in [-0.05, 0) is 40.1 Å². The fourth-order valence-corrected chi connectivity index (χ4v) is 1.94. The van der Waals surface area contributed by atoms with Gasteiger partial charge in [0.15, 0.2) is 0 Å². The van der Waals surface area contributed by atoms with Crippen LogP contribution in [-0.2, 0) is 0 Å². The van der Waals surface area contributed by atoms with Crippen LogP contribution in [0, 0.1) is 6.92 Å². The van der Waals surface area contributed by atoms with Crippen molar-refractivity contribution in [3.05, 3.63) is 21.9 Å². The molecule has 84 valence electrons. The third-order valence-electron chi connectivity index (χ3n) is 2.06. The number of rotatable bonds is 5. The molecule has 1 heterocycles. The molecule has 0 aromatic carbocycles. The Morgan fingerprint density at radius 1 is 1.53 bits per heavy atom. The van der Waals surface area contributed by atoms with E-state index in [0.717, 1.165) is 25.1 Å². The maximum absolute atomic E-state index is 11.6. The number of amides is 1. The van der Waals surface area contributed by atoms with E-state index in [4.69, 9.17) is 0 Å². The molecule has 3 nitrogen and oxygen atoms in total. The highest BCUT2D eigenvalue weighted by Gasteiger charge is 2.05. The molecule has 4 heteroatoms. The molecule has 0 aliphatic rings. The number of hydrogen-bond acceptors (Lipinski definition) is 3. The maximum Gasteiger partial charge on any atom is 0.252 e. The Morgan fingerprint density at radius 3 is 2.80 bits per heavy atom. The van der Waals surface area contributed by atoms with E-state index in [1.54, 1.807) is 11.3 Å². The summed E-state index contributed by atoms with van der Waals surface area (Å²) in [5, 5.41) is 4.81. The topological polar surface area (TPSA) is 32.3 Å². The van der Waals surface area contributed by atoms with E-state index in [2.05, 4.69) is 10.2 Å². The van der Waals surface area contributed by atoms with Gasteiger partial charge in [-0.2, -0.15) is 0 Å². The van der Waals surface area contributed by atoms with Gasteiger partial charge in [0.2, 0.25) is 0 Å². The molecular formula is C11H18N2OS. The van der Waals surface area contributed by atoms with Crippen LogP contribution < -0.4 is 5.32 Å². The number of hydrogen-bond donors (Lipinski definition) is 1. The highest BCUT2D eigenvalue weighted by molar-refractivity contribution is 7.10. The first kappa shape index (κ1) is 12.2. The molecule has 0 aliphatic heterocycles. The van der Waals surface area contributed by atoms with E-state index in [0.29, 0.717) is 0 Å². The van der Waals surface area contributed by atoms with Crippen molar-refractivity contribution in [2.45, 2.75) is 13.3 Å². The third-order valence-corrected chi connectivity index (χ3v) is 2.92. The number of carbonyl (C=O) groups excluding carboxylic acids is 1. The fraction of sp³-hybridized carbons (Fsp3) is 0.545. The van der Waals surface area contributed by atoms with Crippen LogP contribution in [0.1, 0.15) is 21.7 Å². The minimum Gasteiger partial charge on any atom is -0.352 e. The molecule has 0 spiro atoms. The SMILES string of the molecule is Cc1cc(C(=O)NCCCN(C)C)cs1. The van der Waals surface area contributed by atoms with Gasteiger partial charge in [0.05, 0.1) is 5.56 Å². The summed E-state index contributed by atoms with van der Waals surface area (Å²) in [5.74, 6) is 0.0399. The summed E-state index contributed by atoms with van der Waals surface area (Å²) in [5.41, 5.74) is 0.780. The molecule has 1 rings (SSSR count). The summed E-state index contributed by atoms with van der Waals surface area (Å²) in [6, 6.07) is 1.92. The number of aryl methyl sites for hydroxylation is 1. The summed E-state index contributed by atoms with van der Waals surface area (Å²) in [7, 11) is 4.06. The lowest BCUT2D eigenvalue weighted by atomic mass is 10.3. The van der Waals surface area contributed by atoms with E-state index in [9.17, 15) is 4.79 Å². The first-order valence-corrected chi connectivity index (χ1v) is 5.95. The molecule has 15 heavy (non-hydrogen) atoms. The predicted molar refractivity (Wildman–Crippen MR) is 64.6 cm³/mol. The molecule has 1 aromatic heterocycles. The maximum atomic E-state index is 11.6. The van der Waals surface area contributed by atoms with Gasteiger partial charge in [0, 0.05) is 16.8 Å². The summed E-state index contributed by atoms with van der Waals surface area (Å²) in [6.07, 6.45) is 0.988. The van der Waals surface area contributed by atoms with Gasteiger partial charge in [-0.15, -0.1) is 11.3 Å². The average Bonchev–Trinajstić information content (AvgIpc) is 2.59. The van der Waals surface area contributed by atoms with Crippen molar-refractivity contribution in [1.29, 1.82) is 0 Å². The minimum absolute atomic E-state index is 0.0399. The molecule has 0 fully saturated rings. The quantitative estimate of drug-likeness (QED) is 0.776. The van der Waals surface area contributed by atoms with Crippen LogP contribution in [0.5, 0.6) is 0 Å². The Labute approximate surface area is 95.1 Å². The summed E-state index contributed by atoms with van der Waals surface area (Å²) in [4.78, 5) is 14.9. The molecular weight excluding hydrogens is 208 g/mol. The lowest BCUT2D eigenvalue weighted by molar-refractivity contribution is 0.0952. The molecule has 0 bridgehead atoms. The first-order chi connectivity index (χ1) is 7.09. The molecule has 0 atom stereocenters. The fourth-order valence-electron chi connectivity index (χ4n) is 1.26. The Hall–Kier alpha value is -0.870. The van der Waals surface area contributed by atoms with E-state index >= 15 is 0 Å². The Kier molecular flexibility index (Phi) is 4.78. The van der Waals surface area contributed by atoms with Crippen molar-refractivity contribution in [2.24, 2.45) is 0 Å². The zero-order valence-corrected chi connectivity index (χ0v) is 10.4. The van der Waals surface area contributed by atoms with E-state index < -0.39 is 0 Å². The molecule has 0 saturated carbocycles. The van der Waals surface area contributed by atoms with Crippen molar-refractivity contribution in [3.8, 4) is 0 Å². The second-order valence-corrected chi connectivity index (χ2v) is 4.97. The van der Waals surface area contributed by atoms with Crippen LogP contribution in [0.3, 0.4) is 0 Å². The first-order valence-electron chi connectivity index (χ1n) is 5.07. The van der Waals surface area contributed by atoms with E-state index in [1.807, 2.05) is 32.5 Å². The van der Waals surface area contributed by atoms with Crippen molar-refractivity contribution < 1.29 is 4.79 Å². The average molecular weight is 226 g/mol. The third kappa shape index (κ3) is 4.44. The van der Waals surface area contributed by atoms with Crippen molar-refractivity contribution >= 4 is 17.2 Å². The van der Waals surface area contributed by atoms with Gasteiger partial charge >= 0.3 is 0 Å². The van der Waals surface area contributed by atoms with Crippen molar-refractivity contribution in [1.82, 2.24) is 10.2 Å². The molecule has 0 unspecified atom stereocenters. The largest absolute Gasteiger partial charge is 0.352 e. The summed E-state index contributed by atoms with van der Waals surface area (Å²) >= 11 is 1.61. The Bertz CT molecular complexity index is 320. The van der Waals surface area contributed by atoms with Crippen LogP contribution in [-0.4, -0.2) is 38.0 Å². The van der Waals surface area contributed by atoms with E-state index in [-0.39, 0.29) is 5.91 Å². The van der Waals surface area contributed by atoms with Crippen LogP contribution in [0.25, 0.3) is 0 Å². The zero-order valence-electron chi connectivity index (χ0n) is 9.54. The van der Waals surface area contributed by atoms with Gasteiger partial charge in [0.25, 0.3) is 5.91 Å². The highest BCUT2D eigenvalue weighted by Crippen LogP contribution is 2.12. The lowest BCUT2D eigenvalue weighted by Crippen LogP contribution is -2.26. The van der Waals surface area contributed by atoms with Crippen LogP contribution in [0.15, 0.2) is 11.4 Å². The predicted octanol–water partition coefficient (Wildman–Crippen LogP) is 1.74. The Balaban J connectivity index is 2.25. The number of nitrogens with zero attached hydrogens (tertiary/aromatic N) is 1. The number of thiophene rings is 1. The number of nitrogens with one attached hydrogen (secondary N) is 1. The van der Waals surface area contributed by atoms with Crippen LogP contribution in [0.4, 0.5) is 0 Å². The Morgan fingerprint density at radius 2 is 2.27 bits per heavy atom. The summed E-state index contributed by atoms with van der Waals surface area (Å²) < 4.78 is 0. The van der Waals surface area contributed by atoms with Gasteiger partial charge in [-0.25, -0.2) is 0 Å². The molecule has 1 N–H and O–H groups in total. The molecule has 0 aliphatic carbocycles. The van der Waals surface area contributed by atoms with Crippen LogP contribution >= 0.6 is 11.3 Å². The molecule has 0 saturated heterocycles. The normalized spacial score (nSPS) is 10.7. The van der Waals surface area contributed by atoms with Gasteiger partial charge in [-0.3, -0.25) is 4.79 Å². The zero-order chi connectivity index (χ0) is 11.3. The van der Waals surface area contributed by atoms with E-state index in [1.165, 1.54) is 4.88 Å². The van der Waals surface area contributed by atoms with Gasteiger partial charge < -0.3 is 10.2 Å². The molecule has 0 radical (unpaired) electrons. The second kappa shape index (κ2) is 5.88. The summed E-state index contributed by atoms with van der Waals surface area (Å²) in [6.45, 7) is 3.75. The smallest absolute Gasteiger partial charge is 0.252 e. The van der Waals surface area contributed by atoms with Crippen LogP contribution in [0.2, 0.25) is 0 Å². The van der Waals surface area contributed by atoms with Crippen molar-refractivity contribution in [2.75, 3.05) is 27.2 Å². The highest BCUT2D eigenvalue weighted by atomic mass is 32.1. The minimum atomic E-state index is 0.0399. The molecule has 1 amide bonds. The van der Waals surface area contributed by atoms with Gasteiger partial charge in [0.1, 0.15) is 0 Å². The van der Waals surface area contributed by atoms with Gasteiger partial charge in [-0.1, -0.05) is 0 Å². The number of carbonyl (C=O) groups is 1. The van der Waals surface area contributed by atoms with Crippen molar-refractivity contribution in [3.63, 3.8) is 0 Å². The lowest BCUT2D eigenvalue weighted by Gasteiger charge is -2.09. The molecule has 1 aromatic rings. The standard InChI is InChI=1S/C11H18N2OS/c1-9-7-10(8-15-9)11(14)12-5-4-6-13(2)3/h7-8H,4-6H2,1-3H3,(H,12,14). The second-order valence-electron chi connectivity index (χ2n) is 3.86.